The Bertz CT molecular complexity index is 788. The zero-order valence-corrected chi connectivity index (χ0v) is 18.6. The van der Waals surface area contributed by atoms with Crippen molar-refractivity contribution in [3.05, 3.63) is 23.8 Å². The van der Waals surface area contributed by atoms with Crippen LogP contribution < -0.4 is 10.2 Å². The first-order valence-electron chi connectivity index (χ1n) is 10.2. The zero-order valence-electron chi connectivity index (χ0n) is 17.7. The molecule has 2 fully saturated rings. The number of aryl methyl sites for hydroxylation is 1. The van der Waals surface area contributed by atoms with Crippen LogP contribution >= 0.6 is 0 Å². The molecule has 0 unspecified atom stereocenters. The summed E-state index contributed by atoms with van der Waals surface area (Å²) in [6.45, 7) is 13.1. The molecule has 2 heterocycles. The molecule has 2 aliphatic rings. The SMILES string of the molecule is Cc1cc(B2OC(C)(C)C(C)(C)O2)cc(S(=O)(=O)NCCN2CCCCC2)c1. The first-order valence-corrected chi connectivity index (χ1v) is 11.7. The lowest BCUT2D eigenvalue weighted by atomic mass is 9.78. The number of benzene rings is 1. The molecule has 0 saturated carbocycles. The van der Waals surface area contributed by atoms with E-state index in [0.29, 0.717) is 6.54 Å². The Morgan fingerprint density at radius 3 is 2.25 bits per heavy atom. The average Bonchev–Trinajstić information content (AvgIpc) is 2.83. The predicted octanol–water partition coefficient (Wildman–Crippen LogP) is 2.06. The lowest BCUT2D eigenvalue weighted by molar-refractivity contribution is 0.00578. The molecule has 0 radical (unpaired) electrons. The van der Waals surface area contributed by atoms with Crippen molar-refractivity contribution < 1.29 is 17.7 Å². The van der Waals surface area contributed by atoms with E-state index in [1.165, 1.54) is 19.3 Å². The number of rotatable bonds is 6. The maximum atomic E-state index is 12.8. The molecular formula is C20H33BN2O4S. The van der Waals surface area contributed by atoms with E-state index in [0.717, 1.165) is 30.7 Å². The highest BCUT2D eigenvalue weighted by Crippen LogP contribution is 2.36. The zero-order chi connectivity index (χ0) is 20.6. The maximum Gasteiger partial charge on any atom is 0.494 e. The summed E-state index contributed by atoms with van der Waals surface area (Å²) in [6, 6.07) is 5.28. The van der Waals surface area contributed by atoms with E-state index in [-0.39, 0.29) is 4.90 Å². The molecule has 0 aromatic heterocycles. The lowest BCUT2D eigenvalue weighted by Crippen LogP contribution is -2.41. The van der Waals surface area contributed by atoms with Crippen LogP contribution in [-0.2, 0) is 19.3 Å². The first-order chi connectivity index (χ1) is 13.0. The highest BCUT2D eigenvalue weighted by Gasteiger charge is 2.51. The van der Waals surface area contributed by atoms with Gasteiger partial charge in [-0.2, -0.15) is 0 Å². The normalized spacial score (nSPS) is 22.5. The number of piperidine rings is 1. The second-order valence-corrected chi connectivity index (χ2v) is 10.7. The van der Waals surface area contributed by atoms with Gasteiger partial charge in [-0.25, -0.2) is 13.1 Å². The van der Waals surface area contributed by atoms with E-state index in [9.17, 15) is 8.42 Å². The van der Waals surface area contributed by atoms with Crippen LogP contribution in [0.3, 0.4) is 0 Å². The fraction of sp³-hybridized carbons (Fsp3) is 0.700. The molecule has 0 amide bonds. The summed E-state index contributed by atoms with van der Waals surface area (Å²) < 4.78 is 40.6. The minimum atomic E-state index is -3.58. The Balaban J connectivity index is 1.71. The molecule has 0 aliphatic carbocycles. The molecule has 1 aromatic rings. The molecular weight excluding hydrogens is 375 g/mol. The summed E-state index contributed by atoms with van der Waals surface area (Å²) >= 11 is 0. The molecule has 0 bridgehead atoms. The Kier molecular flexibility index (Phi) is 6.28. The van der Waals surface area contributed by atoms with E-state index in [2.05, 4.69) is 9.62 Å². The second kappa shape index (κ2) is 8.07. The van der Waals surface area contributed by atoms with Crippen LogP contribution in [0.25, 0.3) is 0 Å². The van der Waals surface area contributed by atoms with Crippen molar-refractivity contribution in [3.63, 3.8) is 0 Å². The maximum absolute atomic E-state index is 12.8. The fourth-order valence-corrected chi connectivity index (χ4v) is 4.81. The van der Waals surface area contributed by atoms with Crippen LogP contribution in [0, 0.1) is 6.92 Å². The molecule has 28 heavy (non-hydrogen) atoms. The second-order valence-electron chi connectivity index (χ2n) is 8.97. The smallest absolute Gasteiger partial charge is 0.399 e. The Morgan fingerprint density at radius 2 is 1.64 bits per heavy atom. The highest BCUT2D eigenvalue weighted by molar-refractivity contribution is 7.89. The van der Waals surface area contributed by atoms with Gasteiger partial charge in [0.15, 0.2) is 0 Å². The lowest BCUT2D eigenvalue weighted by Gasteiger charge is -2.32. The van der Waals surface area contributed by atoms with Gasteiger partial charge in [-0.3, -0.25) is 0 Å². The van der Waals surface area contributed by atoms with Gasteiger partial charge in [0.1, 0.15) is 0 Å². The minimum absolute atomic E-state index is 0.260. The van der Waals surface area contributed by atoms with Crippen LogP contribution in [-0.4, -0.2) is 57.8 Å². The predicted molar refractivity (Wildman–Crippen MR) is 112 cm³/mol. The molecule has 6 nitrogen and oxygen atoms in total. The van der Waals surface area contributed by atoms with Gasteiger partial charge < -0.3 is 14.2 Å². The van der Waals surface area contributed by atoms with E-state index in [1.54, 1.807) is 12.1 Å². The van der Waals surface area contributed by atoms with Crippen molar-refractivity contribution in [2.75, 3.05) is 26.2 Å². The monoisotopic (exact) mass is 408 g/mol. The third kappa shape index (κ3) is 4.79. The summed E-state index contributed by atoms with van der Waals surface area (Å²) in [6.07, 6.45) is 3.66. The molecule has 0 spiro atoms. The van der Waals surface area contributed by atoms with E-state index in [1.807, 2.05) is 40.7 Å². The summed E-state index contributed by atoms with van der Waals surface area (Å²) in [5.74, 6) is 0. The van der Waals surface area contributed by atoms with Crippen LogP contribution in [0.4, 0.5) is 0 Å². The molecule has 0 atom stereocenters. The Hall–Kier alpha value is -0.925. The third-order valence-corrected chi connectivity index (χ3v) is 7.52. The number of hydrogen-bond acceptors (Lipinski definition) is 5. The van der Waals surface area contributed by atoms with Gasteiger partial charge in [-0.05, 0) is 78.1 Å². The summed E-state index contributed by atoms with van der Waals surface area (Å²) in [4.78, 5) is 2.58. The topological polar surface area (TPSA) is 67.9 Å². The summed E-state index contributed by atoms with van der Waals surface area (Å²) in [5.41, 5.74) is 0.666. The molecule has 2 saturated heterocycles. The fourth-order valence-electron chi connectivity index (χ4n) is 3.65. The first kappa shape index (κ1) is 21.8. The Morgan fingerprint density at radius 1 is 1.04 bits per heavy atom. The van der Waals surface area contributed by atoms with Crippen molar-refractivity contribution in [3.8, 4) is 0 Å². The van der Waals surface area contributed by atoms with E-state index < -0.39 is 28.3 Å². The number of hydrogen-bond donors (Lipinski definition) is 1. The van der Waals surface area contributed by atoms with Gasteiger partial charge in [0.2, 0.25) is 10.0 Å². The largest absolute Gasteiger partial charge is 0.494 e. The van der Waals surface area contributed by atoms with Gasteiger partial charge >= 0.3 is 7.12 Å². The average molecular weight is 408 g/mol. The van der Waals surface area contributed by atoms with E-state index in [4.69, 9.17) is 9.31 Å². The van der Waals surface area contributed by atoms with Crippen LogP contribution in [0.1, 0.15) is 52.5 Å². The molecule has 1 N–H and O–H groups in total. The quantitative estimate of drug-likeness (QED) is 0.730. The number of sulfonamides is 1. The highest BCUT2D eigenvalue weighted by atomic mass is 32.2. The van der Waals surface area contributed by atoms with Gasteiger partial charge in [0.05, 0.1) is 16.1 Å². The molecule has 156 valence electrons. The molecule has 1 aromatic carbocycles. The minimum Gasteiger partial charge on any atom is -0.399 e. The summed E-state index contributed by atoms with van der Waals surface area (Å²) in [7, 11) is -4.16. The van der Waals surface area contributed by atoms with Crippen molar-refractivity contribution in [1.29, 1.82) is 0 Å². The van der Waals surface area contributed by atoms with Gasteiger partial charge in [-0.15, -0.1) is 0 Å². The van der Waals surface area contributed by atoms with Crippen LogP contribution in [0.15, 0.2) is 23.1 Å². The van der Waals surface area contributed by atoms with Crippen molar-refractivity contribution >= 4 is 22.6 Å². The van der Waals surface area contributed by atoms with Gasteiger partial charge in [0, 0.05) is 13.1 Å². The molecule has 3 rings (SSSR count). The van der Waals surface area contributed by atoms with Crippen molar-refractivity contribution in [1.82, 2.24) is 9.62 Å². The van der Waals surface area contributed by atoms with Crippen LogP contribution in [0.5, 0.6) is 0 Å². The standard InChI is InChI=1S/C20H33BN2O4S/c1-16-13-17(21-26-19(2,3)20(4,5)27-21)15-18(14-16)28(24,25)22-9-12-23-10-7-6-8-11-23/h13-15,22H,6-12H2,1-5H3. The van der Waals surface area contributed by atoms with E-state index >= 15 is 0 Å². The number of nitrogens with zero attached hydrogens (tertiary/aromatic N) is 1. The van der Waals surface area contributed by atoms with Gasteiger partial charge in [0.25, 0.3) is 0 Å². The Labute approximate surface area is 170 Å². The molecule has 2 aliphatic heterocycles. The summed E-state index contributed by atoms with van der Waals surface area (Å²) in [5, 5.41) is 0. The van der Waals surface area contributed by atoms with Gasteiger partial charge in [-0.1, -0.05) is 18.1 Å². The number of nitrogens with one attached hydrogen (secondary N) is 1. The van der Waals surface area contributed by atoms with Crippen LogP contribution in [0.2, 0.25) is 0 Å². The third-order valence-electron chi connectivity index (χ3n) is 6.08. The van der Waals surface area contributed by atoms with Crippen molar-refractivity contribution in [2.24, 2.45) is 0 Å². The number of likely N-dealkylation sites (tertiary alicyclic amines) is 1. The molecule has 8 heteroatoms. The van der Waals surface area contributed by atoms with Crippen molar-refractivity contribution in [2.45, 2.75) is 70.0 Å².